The number of aromatic nitrogens is 2. The Kier molecular flexibility index (Phi) is 5.39. The molecule has 1 fully saturated rings. The number of nitrogens with one attached hydrogen (secondary N) is 2. The molecule has 0 radical (unpaired) electrons. The summed E-state index contributed by atoms with van der Waals surface area (Å²) in [5.41, 5.74) is 0.390. The topological polar surface area (TPSA) is 76.0 Å². The predicted octanol–water partition coefficient (Wildman–Crippen LogP) is 1.60. The van der Waals surface area contributed by atoms with Gasteiger partial charge in [0.05, 0.1) is 18.4 Å². The third kappa shape index (κ3) is 4.84. The molecule has 1 aromatic rings. The maximum Gasteiger partial charge on any atom is 0.283 e. The fraction of sp³-hybridized carbons (Fsp3) is 0.643. The highest BCUT2D eigenvalue weighted by Crippen LogP contribution is 2.30. The maximum absolute atomic E-state index is 12.1. The van der Waals surface area contributed by atoms with Crippen molar-refractivity contribution >= 4 is 27.5 Å². The van der Waals surface area contributed by atoms with Crippen LogP contribution in [0.3, 0.4) is 0 Å². The highest BCUT2D eigenvalue weighted by Gasteiger charge is 2.23. The van der Waals surface area contributed by atoms with Crippen LogP contribution in [-0.4, -0.2) is 28.8 Å². The molecule has 1 saturated carbocycles. The monoisotopic (exact) mass is 356 g/mol. The van der Waals surface area contributed by atoms with Gasteiger partial charge in [0.25, 0.3) is 5.56 Å². The fourth-order valence-electron chi connectivity index (χ4n) is 1.82. The Morgan fingerprint density at radius 3 is 2.86 bits per heavy atom. The van der Waals surface area contributed by atoms with Gasteiger partial charge in [-0.25, -0.2) is 4.68 Å². The van der Waals surface area contributed by atoms with Crippen LogP contribution in [0.25, 0.3) is 0 Å². The normalized spacial score (nSPS) is 14.3. The minimum Gasteiger partial charge on any atom is -0.374 e. The Labute approximate surface area is 132 Å². The van der Waals surface area contributed by atoms with Gasteiger partial charge in [-0.05, 0) is 40.6 Å². The lowest BCUT2D eigenvalue weighted by Crippen LogP contribution is -2.33. The number of nitrogens with zero attached hydrogens (tertiary/aromatic N) is 2. The molecule has 21 heavy (non-hydrogen) atoms. The van der Waals surface area contributed by atoms with Crippen LogP contribution in [-0.2, 0) is 11.3 Å². The molecule has 0 aromatic carbocycles. The average Bonchev–Trinajstić information content (AvgIpc) is 3.25. The Hall–Kier alpha value is -1.37. The molecule has 1 aliphatic carbocycles. The highest BCUT2D eigenvalue weighted by atomic mass is 79.9. The molecule has 1 heterocycles. The molecule has 0 aliphatic heterocycles. The quantitative estimate of drug-likeness (QED) is 0.777. The first-order valence-corrected chi connectivity index (χ1v) is 8.03. The second-order valence-corrected chi connectivity index (χ2v) is 6.65. The van der Waals surface area contributed by atoms with Crippen molar-refractivity contribution < 1.29 is 4.79 Å². The van der Waals surface area contributed by atoms with Crippen molar-refractivity contribution in [3.63, 3.8) is 0 Å². The molecule has 0 unspecified atom stereocenters. The van der Waals surface area contributed by atoms with E-state index in [-0.39, 0.29) is 18.0 Å². The van der Waals surface area contributed by atoms with Crippen LogP contribution in [0, 0.1) is 11.8 Å². The van der Waals surface area contributed by atoms with Crippen LogP contribution in [0.1, 0.15) is 26.7 Å². The van der Waals surface area contributed by atoms with Crippen LogP contribution in [0.5, 0.6) is 0 Å². The van der Waals surface area contributed by atoms with E-state index in [4.69, 9.17) is 0 Å². The number of carbonyl (C=O) groups is 1. The van der Waals surface area contributed by atoms with E-state index >= 15 is 0 Å². The molecule has 0 atom stereocenters. The van der Waals surface area contributed by atoms with Gasteiger partial charge in [0.2, 0.25) is 5.91 Å². The number of halogens is 1. The van der Waals surface area contributed by atoms with E-state index in [2.05, 4.69) is 31.7 Å². The number of anilines is 1. The number of hydrogen-bond acceptors (Lipinski definition) is 4. The highest BCUT2D eigenvalue weighted by molar-refractivity contribution is 9.10. The number of rotatable bonds is 7. The summed E-state index contributed by atoms with van der Waals surface area (Å²) in [5.74, 6) is 0.897. The molecule has 1 aromatic heterocycles. The van der Waals surface area contributed by atoms with Gasteiger partial charge >= 0.3 is 0 Å². The molecule has 116 valence electrons. The van der Waals surface area contributed by atoms with Gasteiger partial charge in [0, 0.05) is 13.1 Å². The average molecular weight is 357 g/mol. The lowest BCUT2D eigenvalue weighted by atomic mass is 10.2. The van der Waals surface area contributed by atoms with Crippen LogP contribution < -0.4 is 16.2 Å². The predicted molar refractivity (Wildman–Crippen MR) is 85.3 cm³/mol. The van der Waals surface area contributed by atoms with Crippen molar-refractivity contribution in [1.29, 1.82) is 0 Å². The SMILES string of the molecule is CC(C)CNC(=O)CNc1cnn(CC2CC2)c(=O)c1Br. The molecule has 0 bridgehead atoms. The van der Waals surface area contributed by atoms with Crippen molar-refractivity contribution in [1.82, 2.24) is 15.1 Å². The minimum absolute atomic E-state index is 0.0993. The Morgan fingerprint density at radius 2 is 2.24 bits per heavy atom. The molecule has 6 nitrogen and oxygen atoms in total. The van der Waals surface area contributed by atoms with E-state index in [1.165, 1.54) is 17.5 Å². The van der Waals surface area contributed by atoms with E-state index in [9.17, 15) is 9.59 Å². The first-order chi connectivity index (χ1) is 9.97. The molecule has 1 aliphatic rings. The Balaban J connectivity index is 1.92. The number of amides is 1. The van der Waals surface area contributed by atoms with Crippen molar-refractivity contribution in [2.24, 2.45) is 11.8 Å². The first kappa shape index (κ1) is 16.0. The third-order valence-electron chi connectivity index (χ3n) is 3.26. The summed E-state index contributed by atoms with van der Waals surface area (Å²) in [7, 11) is 0. The zero-order valence-electron chi connectivity index (χ0n) is 12.4. The summed E-state index contributed by atoms with van der Waals surface area (Å²) < 4.78 is 1.90. The van der Waals surface area contributed by atoms with Crippen LogP contribution >= 0.6 is 15.9 Å². The minimum atomic E-state index is -0.158. The summed E-state index contributed by atoms with van der Waals surface area (Å²) in [6.45, 7) is 5.51. The largest absolute Gasteiger partial charge is 0.374 e. The van der Waals surface area contributed by atoms with Crippen LogP contribution in [0.2, 0.25) is 0 Å². The Bertz CT molecular complexity index is 567. The molecule has 2 rings (SSSR count). The van der Waals surface area contributed by atoms with Gasteiger partial charge in [-0.3, -0.25) is 9.59 Å². The molecule has 7 heteroatoms. The van der Waals surface area contributed by atoms with Crippen LogP contribution in [0.15, 0.2) is 15.5 Å². The maximum atomic E-state index is 12.1. The standard InChI is InChI=1S/C14H21BrN4O2/c1-9(2)5-17-12(20)7-16-11-6-18-19(8-10-3-4-10)14(21)13(11)15/h6,9-10,16H,3-5,7-8H2,1-2H3,(H,17,20). The molecule has 0 saturated heterocycles. The van der Waals surface area contributed by atoms with Gasteiger partial charge in [-0.15, -0.1) is 0 Å². The smallest absolute Gasteiger partial charge is 0.283 e. The summed E-state index contributed by atoms with van der Waals surface area (Å²) >= 11 is 3.29. The van der Waals surface area contributed by atoms with Gasteiger partial charge < -0.3 is 10.6 Å². The van der Waals surface area contributed by atoms with E-state index in [1.807, 2.05) is 13.8 Å². The van der Waals surface area contributed by atoms with Crippen molar-refractivity contribution in [3.05, 3.63) is 21.0 Å². The van der Waals surface area contributed by atoms with E-state index in [0.717, 1.165) is 0 Å². The molecule has 0 spiro atoms. The Morgan fingerprint density at radius 1 is 1.52 bits per heavy atom. The number of hydrogen-bond donors (Lipinski definition) is 2. The van der Waals surface area contributed by atoms with Gasteiger partial charge in [0.15, 0.2) is 0 Å². The summed E-state index contributed by atoms with van der Waals surface area (Å²) in [4.78, 5) is 23.8. The summed E-state index contributed by atoms with van der Waals surface area (Å²) in [6, 6.07) is 0. The second kappa shape index (κ2) is 7.06. The summed E-state index contributed by atoms with van der Waals surface area (Å²) in [5, 5.41) is 9.90. The fourth-order valence-corrected chi connectivity index (χ4v) is 2.27. The van der Waals surface area contributed by atoms with Crippen molar-refractivity contribution in [2.45, 2.75) is 33.2 Å². The lowest BCUT2D eigenvalue weighted by molar-refractivity contribution is -0.119. The van der Waals surface area contributed by atoms with E-state index in [1.54, 1.807) is 6.20 Å². The van der Waals surface area contributed by atoms with E-state index in [0.29, 0.717) is 35.1 Å². The third-order valence-corrected chi connectivity index (χ3v) is 4.03. The lowest BCUT2D eigenvalue weighted by Gasteiger charge is -2.11. The van der Waals surface area contributed by atoms with Gasteiger partial charge in [-0.2, -0.15) is 5.10 Å². The zero-order chi connectivity index (χ0) is 15.4. The second-order valence-electron chi connectivity index (χ2n) is 5.85. The molecule has 2 N–H and O–H groups in total. The molecule has 1 amide bonds. The van der Waals surface area contributed by atoms with Crippen molar-refractivity contribution in [3.8, 4) is 0 Å². The van der Waals surface area contributed by atoms with Gasteiger partial charge in [-0.1, -0.05) is 13.8 Å². The van der Waals surface area contributed by atoms with Gasteiger partial charge in [0.1, 0.15) is 4.47 Å². The first-order valence-electron chi connectivity index (χ1n) is 7.23. The number of carbonyl (C=O) groups excluding carboxylic acids is 1. The molecular weight excluding hydrogens is 336 g/mol. The molecular formula is C14H21BrN4O2. The van der Waals surface area contributed by atoms with Crippen molar-refractivity contribution in [2.75, 3.05) is 18.4 Å². The van der Waals surface area contributed by atoms with E-state index < -0.39 is 0 Å². The summed E-state index contributed by atoms with van der Waals surface area (Å²) in [6.07, 6.45) is 3.92. The van der Waals surface area contributed by atoms with Crippen LogP contribution in [0.4, 0.5) is 5.69 Å². The zero-order valence-corrected chi connectivity index (χ0v) is 13.9.